The molecule has 1 aliphatic rings. The van der Waals surface area contributed by atoms with E-state index >= 15 is 0 Å². The van der Waals surface area contributed by atoms with E-state index in [1.807, 2.05) is 13.1 Å². The molecule has 0 amide bonds. The predicted octanol–water partition coefficient (Wildman–Crippen LogP) is 2.30. The summed E-state index contributed by atoms with van der Waals surface area (Å²) in [7, 11) is 1.95. The highest BCUT2D eigenvalue weighted by Gasteiger charge is 2.27. The smallest absolute Gasteiger partial charge is 0.124 e. The average molecular weight is 190 g/mol. The second kappa shape index (κ2) is 3.30. The van der Waals surface area contributed by atoms with E-state index in [2.05, 4.69) is 4.90 Å². The molecule has 14 heavy (non-hydrogen) atoms. The molecule has 1 aliphatic carbocycles. The fourth-order valence-electron chi connectivity index (χ4n) is 1.56. The van der Waals surface area contributed by atoms with Crippen molar-refractivity contribution in [2.45, 2.75) is 18.9 Å². The molecule has 1 saturated carbocycles. The van der Waals surface area contributed by atoms with Gasteiger partial charge in [0.2, 0.25) is 0 Å². The summed E-state index contributed by atoms with van der Waals surface area (Å²) in [5.74, 6) is -0.352. The highest BCUT2D eigenvalue weighted by molar-refractivity contribution is 5.60. The molecule has 1 aromatic rings. The molecule has 2 nitrogen and oxygen atoms in total. The first kappa shape index (κ1) is 9.01. The van der Waals surface area contributed by atoms with Crippen LogP contribution in [0.3, 0.4) is 0 Å². The zero-order chi connectivity index (χ0) is 10.1. The van der Waals surface area contributed by atoms with Crippen LogP contribution >= 0.6 is 0 Å². The number of rotatable bonds is 2. The number of hydrogen-bond donors (Lipinski definition) is 0. The normalized spacial score (nSPS) is 14.9. The van der Waals surface area contributed by atoms with Crippen molar-refractivity contribution in [1.29, 1.82) is 5.26 Å². The molecule has 0 saturated heterocycles. The molecule has 0 bridgehead atoms. The van der Waals surface area contributed by atoms with E-state index in [-0.39, 0.29) is 5.82 Å². The summed E-state index contributed by atoms with van der Waals surface area (Å²) >= 11 is 0. The number of benzene rings is 1. The maximum Gasteiger partial charge on any atom is 0.124 e. The third-order valence-electron chi connectivity index (χ3n) is 2.55. The Morgan fingerprint density at radius 3 is 2.79 bits per heavy atom. The van der Waals surface area contributed by atoms with Crippen LogP contribution in [0, 0.1) is 17.1 Å². The summed E-state index contributed by atoms with van der Waals surface area (Å²) in [6.07, 6.45) is 2.33. The maximum absolute atomic E-state index is 12.8. The van der Waals surface area contributed by atoms with Crippen molar-refractivity contribution >= 4 is 5.69 Å². The molecule has 0 heterocycles. The van der Waals surface area contributed by atoms with Crippen molar-refractivity contribution in [3.8, 4) is 6.07 Å². The van der Waals surface area contributed by atoms with Crippen LogP contribution in [0.4, 0.5) is 10.1 Å². The predicted molar refractivity (Wildman–Crippen MR) is 52.5 cm³/mol. The molecule has 0 aromatic heterocycles. The quantitative estimate of drug-likeness (QED) is 0.715. The molecule has 0 aliphatic heterocycles. The van der Waals surface area contributed by atoms with Gasteiger partial charge in [-0.25, -0.2) is 4.39 Å². The molecule has 0 spiro atoms. The fourth-order valence-corrected chi connectivity index (χ4v) is 1.56. The van der Waals surface area contributed by atoms with Gasteiger partial charge in [-0.3, -0.25) is 0 Å². The third-order valence-corrected chi connectivity index (χ3v) is 2.55. The van der Waals surface area contributed by atoms with Gasteiger partial charge in [-0.2, -0.15) is 5.26 Å². The van der Waals surface area contributed by atoms with E-state index in [9.17, 15) is 4.39 Å². The van der Waals surface area contributed by atoms with Gasteiger partial charge in [0.1, 0.15) is 11.9 Å². The van der Waals surface area contributed by atoms with E-state index < -0.39 is 0 Å². The van der Waals surface area contributed by atoms with Gasteiger partial charge in [-0.05, 0) is 31.0 Å². The van der Waals surface area contributed by atoms with Crippen molar-refractivity contribution in [3.63, 3.8) is 0 Å². The Morgan fingerprint density at radius 1 is 1.50 bits per heavy atom. The van der Waals surface area contributed by atoms with E-state index in [4.69, 9.17) is 5.26 Å². The average Bonchev–Trinajstić information content (AvgIpc) is 3.00. The highest BCUT2D eigenvalue weighted by atomic mass is 19.1. The Kier molecular flexibility index (Phi) is 2.12. The molecule has 1 fully saturated rings. The van der Waals surface area contributed by atoms with E-state index in [1.54, 1.807) is 6.07 Å². The number of halogens is 1. The summed E-state index contributed by atoms with van der Waals surface area (Å²) in [5, 5.41) is 8.85. The van der Waals surface area contributed by atoms with Gasteiger partial charge < -0.3 is 4.90 Å². The molecule has 0 unspecified atom stereocenters. The highest BCUT2D eigenvalue weighted by Crippen LogP contribution is 2.32. The number of nitriles is 1. The molecule has 72 valence electrons. The molecular weight excluding hydrogens is 179 g/mol. The van der Waals surface area contributed by atoms with Crippen LogP contribution in [-0.2, 0) is 0 Å². The largest absolute Gasteiger partial charge is 0.371 e. The van der Waals surface area contributed by atoms with Crippen LogP contribution in [0.15, 0.2) is 18.2 Å². The second-order valence-electron chi connectivity index (χ2n) is 3.62. The lowest BCUT2D eigenvalue weighted by Gasteiger charge is -2.19. The van der Waals surface area contributed by atoms with Gasteiger partial charge in [0.15, 0.2) is 0 Å². The van der Waals surface area contributed by atoms with Crippen molar-refractivity contribution in [1.82, 2.24) is 0 Å². The lowest BCUT2D eigenvalue weighted by atomic mass is 10.1. The van der Waals surface area contributed by atoms with Crippen molar-refractivity contribution < 1.29 is 4.39 Å². The first-order valence-corrected chi connectivity index (χ1v) is 4.65. The summed E-state index contributed by atoms with van der Waals surface area (Å²) in [6.45, 7) is 0. The lowest BCUT2D eigenvalue weighted by molar-refractivity contribution is 0.627. The Bertz CT molecular complexity index is 391. The minimum Gasteiger partial charge on any atom is -0.371 e. The molecule has 2 rings (SSSR count). The van der Waals surface area contributed by atoms with Crippen LogP contribution in [0.25, 0.3) is 0 Å². The van der Waals surface area contributed by atoms with Crippen LogP contribution in [0.1, 0.15) is 18.4 Å². The van der Waals surface area contributed by atoms with E-state index in [1.165, 1.54) is 25.0 Å². The number of hydrogen-bond acceptors (Lipinski definition) is 2. The topological polar surface area (TPSA) is 27.0 Å². The van der Waals surface area contributed by atoms with Gasteiger partial charge in [-0.15, -0.1) is 0 Å². The third kappa shape index (κ3) is 1.56. The van der Waals surface area contributed by atoms with Gasteiger partial charge in [0.25, 0.3) is 0 Å². The Morgan fingerprint density at radius 2 is 2.21 bits per heavy atom. The maximum atomic E-state index is 12.8. The monoisotopic (exact) mass is 190 g/mol. The fraction of sp³-hybridized carbons (Fsp3) is 0.364. The lowest BCUT2D eigenvalue weighted by Crippen LogP contribution is -2.20. The molecule has 3 heteroatoms. The summed E-state index contributed by atoms with van der Waals surface area (Å²) in [6, 6.07) is 6.91. The first-order valence-electron chi connectivity index (χ1n) is 4.65. The minimum atomic E-state index is -0.352. The van der Waals surface area contributed by atoms with Crippen LogP contribution in [0.5, 0.6) is 0 Å². The SMILES string of the molecule is CN(c1ccc(F)cc1C#N)C1CC1. The summed E-state index contributed by atoms with van der Waals surface area (Å²) in [5.41, 5.74) is 1.25. The van der Waals surface area contributed by atoms with Gasteiger partial charge >= 0.3 is 0 Å². The second-order valence-corrected chi connectivity index (χ2v) is 3.62. The van der Waals surface area contributed by atoms with Crippen LogP contribution < -0.4 is 4.90 Å². The van der Waals surface area contributed by atoms with Crippen molar-refractivity contribution in [3.05, 3.63) is 29.6 Å². The summed E-state index contributed by atoms with van der Waals surface area (Å²) < 4.78 is 12.8. The molecule has 0 radical (unpaired) electrons. The minimum absolute atomic E-state index is 0.352. The molecule has 0 N–H and O–H groups in total. The number of anilines is 1. The Balaban J connectivity index is 2.36. The first-order chi connectivity index (χ1) is 6.72. The van der Waals surface area contributed by atoms with E-state index in [0.29, 0.717) is 11.6 Å². The summed E-state index contributed by atoms with van der Waals surface area (Å²) in [4.78, 5) is 2.05. The zero-order valence-corrected chi connectivity index (χ0v) is 8.00. The molecule has 0 atom stereocenters. The van der Waals surface area contributed by atoms with Gasteiger partial charge in [-0.1, -0.05) is 0 Å². The van der Waals surface area contributed by atoms with Gasteiger partial charge in [0.05, 0.1) is 11.3 Å². The Labute approximate surface area is 82.6 Å². The molecular formula is C11H11FN2. The molecule has 1 aromatic carbocycles. The van der Waals surface area contributed by atoms with Crippen molar-refractivity contribution in [2.24, 2.45) is 0 Å². The zero-order valence-electron chi connectivity index (χ0n) is 8.00. The van der Waals surface area contributed by atoms with E-state index in [0.717, 1.165) is 5.69 Å². The van der Waals surface area contributed by atoms with Crippen LogP contribution in [-0.4, -0.2) is 13.1 Å². The van der Waals surface area contributed by atoms with Gasteiger partial charge in [0, 0.05) is 13.1 Å². The van der Waals surface area contributed by atoms with Crippen molar-refractivity contribution in [2.75, 3.05) is 11.9 Å². The standard InChI is InChI=1S/C11H11FN2/c1-14(10-3-4-10)11-5-2-9(12)6-8(11)7-13/h2,5-6,10H,3-4H2,1H3. The number of nitrogens with zero attached hydrogens (tertiary/aromatic N) is 2. The Hall–Kier alpha value is -1.56. The van der Waals surface area contributed by atoms with Crippen LogP contribution in [0.2, 0.25) is 0 Å².